The molecule has 0 heterocycles. The van der Waals surface area contributed by atoms with Crippen LogP contribution in [0, 0.1) is 10.1 Å². The summed E-state index contributed by atoms with van der Waals surface area (Å²) in [6, 6.07) is 4.20. The molecule has 0 bridgehead atoms. The second kappa shape index (κ2) is 5.79. The topological polar surface area (TPSA) is 92.8 Å². The Bertz CT molecular complexity index is 425. The van der Waals surface area contributed by atoms with E-state index in [1.54, 1.807) is 13.8 Å². The standard InChI is InChI=1S/C12H17NO5/c1-12(2,15)5-6-18-11-7-9(8-14)3-4-10(11)13(16)17/h3-4,7,14-15H,5-6,8H2,1-2H3. The monoisotopic (exact) mass is 255 g/mol. The Labute approximate surface area is 105 Å². The molecule has 1 aromatic carbocycles. The van der Waals surface area contributed by atoms with Gasteiger partial charge in [-0.05, 0) is 31.5 Å². The molecule has 1 rings (SSSR count). The van der Waals surface area contributed by atoms with Crippen molar-refractivity contribution in [2.75, 3.05) is 6.61 Å². The molecule has 1 aromatic rings. The van der Waals surface area contributed by atoms with Gasteiger partial charge in [0.2, 0.25) is 0 Å². The number of benzene rings is 1. The Morgan fingerprint density at radius 2 is 2.11 bits per heavy atom. The van der Waals surface area contributed by atoms with Gasteiger partial charge in [0, 0.05) is 12.5 Å². The number of aliphatic hydroxyl groups is 2. The van der Waals surface area contributed by atoms with Crippen LogP contribution in [0.15, 0.2) is 18.2 Å². The van der Waals surface area contributed by atoms with Crippen molar-refractivity contribution in [3.05, 3.63) is 33.9 Å². The summed E-state index contributed by atoms with van der Waals surface area (Å²) in [5.74, 6) is 0.107. The number of nitro groups is 1. The van der Waals surface area contributed by atoms with Gasteiger partial charge >= 0.3 is 5.69 Å². The van der Waals surface area contributed by atoms with E-state index in [4.69, 9.17) is 9.84 Å². The van der Waals surface area contributed by atoms with E-state index in [1.165, 1.54) is 18.2 Å². The van der Waals surface area contributed by atoms with Crippen LogP contribution in [0.5, 0.6) is 5.75 Å². The van der Waals surface area contributed by atoms with E-state index in [0.717, 1.165) is 0 Å². The molecule has 0 atom stereocenters. The maximum Gasteiger partial charge on any atom is 0.310 e. The molecule has 0 aliphatic heterocycles. The van der Waals surface area contributed by atoms with Gasteiger partial charge in [-0.15, -0.1) is 0 Å². The predicted molar refractivity (Wildman–Crippen MR) is 65.4 cm³/mol. The molecule has 100 valence electrons. The third kappa shape index (κ3) is 4.31. The highest BCUT2D eigenvalue weighted by Crippen LogP contribution is 2.28. The van der Waals surface area contributed by atoms with Gasteiger partial charge in [0.05, 0.1) is 23.7 Å². The van der Waals surface area contributed by atoms with Gasteiger partial charge < -0.3 is 14.9 Å². The molecule has 0 aliphatic carbocycles. The SMILES string of the molecule is CC(C)(O)CCOc1cc(CO)ccc1[N+](=O)[O-]. The Hall–Kier alpha value is -1.66. The molecule has 18 heavy (non-hydrogen) atoms. The third-order valence-corrected chi connectivity index (χ3v) is 2.37. The van der Waals surface area contributed by atoms with E-state index in [-0.39, 0.29) is 24.7 Å². The van der Waals surface area contributed by atoms with Crippen LogP contribution < -0.4 is 4.74 Å². The van der Waals surface area contributed by atoms with Crippen molar-refractivity contribution in [2.45, 2.75) is 32.5 Å². The molecule has 0 saturated carbocycles. The molecule has 0 radical (unpaired) electrons. The van der Waals surface area contributed by atoms with Gasteiger partial charge in [-0.25, -0.2) is 0 Å². The number of rotatable bonds is 6. The Morgan fingerprint density at radius 1 is 1.44 bits per heavy atom. The van der Waals surface area contributed by atoms with Gasteiger partial charge in [-0.3, -0.25) is 10.1 Å². The Kier molecular flexibility index (Phi) is 4.63. The summed E-state index contributed by atoms with van der Waals surface area (Å²) in [7, 11) is 0. The highest BCUT2D eigenvalue weighted by molar-refractivity contribution is 5.48. The molecule has 6 heteroatoms. The predicted octanol–water partition coefficient (Wildman–Crippen LogP) is 1.63. The first-order valence-corrected chi connectivity index (χ1v) is 5.57. The summed E-state index contributed by atoms with van der Waals surface area (Å²) in [4.78, 5) is 10.3. The van der Waals surface area contributed by atoms with Gasteiger partial charge in [-0.2, -0.15) is 0 Å². The third-order valence-electron chi connectivity index (χ3n) is 2.37. The second-order valence-corrected chi connectivity index (χ2v) is 4.63. The average molecular weight is 255 g/mol. The zero-order chi connectivity index (χ0) is 13.8. The zero-order valence-electron chi connectivity index (χ0n) is 10.4. The molecule has 6 nitrogen and oxygen atoms in total. The smallest absolute Gasteiger partial charge is 0.310 e. The molecular formula is C12H17NO5. The van der Waals surface area contributed by atoms with Gasteiger partial charge in [-0.1, -0.05) is 0 Å². The second-order valence-electron chi connectivity index (χ2n) is 4.63. The van der Waals surface area contributed by atoms with Crippen LogP contribution >= 0.6 is 0 Å². The highest BCUT2D eigenvalue weighted by atomic mass is 16.6. The van der Waals surface area contributed by atoms with Crippen molar-refractivity contribution in [3.8, 4) is 5.75 Å². The Balaban J connectivity index is 2.81. The zero-order valence-corrected chi connectivity index (χ0v) is 10.4. The van der Waals surface area contributed by atoms with E-state index >= 15 is 0 Å². The largest absolute Gasteiger partial charge is 0.487 e. The minimum Gasteiger partial charge on any atom is -0.487 e. The number of aliphatic hydroxyl groups excluding tert-OH is 1. The van der Waals surface area contributed by atoms with Crippen LogP contribution in [-0.4, -0.2) is 27.3 Å². The fourth-order valence-electron chi connectivity index (χ4n) is 1.33. The molecule has 0 fully saturated rings. The minimum atomic E-state index is -0.886. The molecule has 0 aromatic heterocycles. The lowest BCUT2D eigenvalue weighted by Gasteiger charge is -2.17. The highest BCUT2D eigenvalue weighted by Gasteiger charge is 2.17. The van der Waals surface area contributed by atoms with Crippen LogP contribution in [-0.2, 0) is 6.61 Å². The van der Waals surface area contributed by atoms with Crippen LogP contribution in [0.2, 0.25) is 0 Å². The quantitative estimate of drug-likeness (QED) is 0.595. The summed E-state index contributed by atoms with van der Waals surface area (Å²) in [5, 5.41) is 29.3. The maximum absolute atomic E-state index is 10.8. The Morgan fingerprint density at radius 3 is 2.61 bits per heavy atom. The lowest BCUT2D eigenvalue weighted by atomic mass is 10.1. The molecular weight excluding hydrogens is 238 g/mol. The number of ether oxygens (including phenoxy) is 1. The van der Waals surface area contributed by atoms with Crippen molar-refractivity contribution < 1.29 is 19.9 Å². The lowest BCUT2D eigenvalue weighted by Crippen LogP contribution is -2.22. The van der Waals surface area contributed by atoms with Gasteiger partial charge in [0.1, 0.15) is 0 Å². The maximum atomic E-state index is 10.8. The molecule has 0 unspecified atom stereocenters. The summed E-state index contributed by atoms with van der Waals surface area (Å²) in [5.41, 5.74) is -0.495. The van der Waals surface area contributed by atoms with E-state index in [0.29, 0.717) is 12.0 Å². The molecule has 0 spiro atoms. The van der Waals surface area contributed by atoms with Crippen molar-refractivity contribution in [1.29, 1.82) is 0 Å². The van der Waals surface area contributed by atoms with E-state index in [1.807, 2.05) is 0 Å². The summed E-state index contributed by atoms with van der Waals surface area (Å²) >= 11 is 0. The first-order chi connectivity index (χ1) is 8.33. The normalized spacial score (nSPS) is 11.3. The summed E-state index contributed by atoms with van der Waals surface area (Å²) in [6.45, 7) is 3.23. The fraction of sp³-hybridized carbons (Fsp3) is 0.500. The van der Waals surface area contributed by atoms with Crippen molar-refractivity contribution in [1.82, 2.24) is 0 Å². The molecule has 0 amide bonds. The lowest BCUT2D eigenvalue weighted by molar-refractivity contribution is -0.385. The number of hydrogen-bond acceptors (Lipinski definition) is 5. The first-order valence-electron chi connectivity index (χ1n) is 5.57. The van der Waals surface area contributed by atoms with Crippen LogP contribution in [0.4, 0.5) is 5.69 Å². The number of nitro benzene ring substituents is 1. The summed E-state index contributed by atoms with van der Waals surface area (Å²) < 4.78 is 5.30. The van der Waals surface area contributed by atoms with Crippen molar-refractivity contribution in [2.24, 2.45) is 0 Å². The molecule has 2 N–H and O–H groups in total. The fourth-order valence-corrected chi connectivity index (χ4v) is 1.33. The van der Waals surface area contributed by atoms with Crippen molar-refractivity contribution >= 4 is 5.69 Å². The molecule has 0 saturated heterocycles. The average Bonchev–Trinajstić information content (AvgIpc) is 2.26. The van der Waals surface area contributed by atoms with Crippen LogP contribution in [0.3, 0.4) is 0 Å². The van der Waals surface area contributed by atoms with Gasteiger partial charge in [0.15, 0.2) is 5.75 Å². The van der Waals surface area contributed by atoms with E-state index in [9.17, 15) is 15.2 Å². The van der Waals surface area contributed by atoms with E-state index < -0.39 is 10.5 Å². The summed E-state index contributed by atoms with van der Waals surface area (Å²) in [6.07, 6.45) is 0.355. The van der Waals surface area contributed by atoms with Crippen molar-refractivity contribution in [3.63, 3.8) is 0 Å². The number of nitrogens with zero attached hydrogens (tertiary/aromatic N) is 1. The van der Waals surface area contributed by atoms with Crippen LogP contribution in [0.25, 0.3) is 0 Å². The van der Waals surface area contributed by atoms with Gasteiger partial charge in [0.25, 0.3) is 0 Å². The first kappa shape index (κ1) is 14.4. The van der Waals surface area contributed by atoms with Crippen LogP contribution in [0.1, 0.15) is 25.8 Å². The minimum absolute atomic E-state index is 0.107. The molecule has 0 aliphatic rings. The number of hydrogen-bond donors (Lipinski definition) is 2. The van der Waals surface area contributed by atoms with E-state index in [2.05, 4.69) is 0 Å².